The number of rotatable bonds is 8. The van der Waals surface area contributed by atoms with Crippen molar-refractivity contribution in [3.05, 3.63) is 57.3 Å². The molecule has 0 aliphatic carbocycles. The fourth-order valence-electron chi connectivity index (χ4n) is 4.20. The molecule has 1 unspecified atom stereocenters. The third-order valence-electron chi connectivity index (χ3n) is 6.06. The Morgan fingerprint density at radius 1 is 1.17 bits per heavy atom. The van der Waals surface area contributed by atoms with Crippen LogP contribution in [0.4, 0.5) is 13.2 Å². The lowest BCUT2D eigenvalue weighted by Crippen LogP contribution is -2.33. The number of aromatic nitrogens is 1. The highest BCUT2D eigenvalue weighted by Gasteiger charge is 2.31. The summed E-state index contributed by atoms with van der Waals surface area (Å²) in [5.74, 6) is 2.18. The number of phenols is 1. The van der Waals surface area contributed by atoms with E-state index in [1.807, 2.05) is 11.8 Å². The van der Waals surface area contributed by atoms with Crippen molar-refractivity contribution >= 4 is 46.0 Å². The number of hydrogen-bond acceptors (Lipinski definition) is 6. The van der Waals surface area contributed by atoms with E-state index >= 15 is 0 Å². The first-order valence-corrected chi connectivity index (χ1v) is 14.0. The number of fused-ring (bicyclic) bond motifs is 1. The summed E-state index contributed by atoms with van der Waals surface area (Å²) in [5, 5.41) is 21.5. The molecular formula is C25H26ClF3N2O3S2. The van der Waals surface area contributed by atoms with E-state index in [1.165, 1.54) is 24.3 Å². The van der Waals surface area contributed by atoms with E-state index in [-0.39, 0.29) is 43.5 Å². The van der Waals surface area contributed by atoms with Crippen LogP contribution in [0.15, 0.2) is 46.1 Å². The molecule has 0 bridgehead atoms. The Labute approximate surface area is 220 Å². The second-order valence-electron chi connectivity index (χ2n) is 8.64. The predicted octanol–water partition coefficient (Wildman–Crippen LogP) is 5.85. The summed E-state index contributed by atoms with van der Waals surface area (Å²) >= 11 is 9.13. The number of aromatic amines is 1. The number of nitrogens with one attached hydrogen (secondary N) is 1. The van der Waals surface area contributed by atoms with Crippen LogP contribution in [0.3, 0.4) is 0 Å². The van der Waals surface area contributed by atoms with Gasteiger partial charge < -0.3 is 20.1 Å². The maximum Gasteiger partial charge on any atom is 0.416 e. The van der Waals surface area contributed by atoms with Crippen molar-refractivity contribution in [3.8, 4) is 16.9 Å². The molecule has 1 aromatic heterocycles. The van der Waals surface area contributed by atoms with Gasteiger partial charge in [0.05, 0.1) is 16.6 Å². The SMILES string of the molecule is O=c1[nH]c2ccc(C(F)(F)F)cc2c(-c2cc(Cl)ccc2O)c1SCC(O)CCCN1CCSCC1. The monoisotopic (exact) mass is 558 g/mol. The Morgan fingerprint density at radius 3 is 2.64 bits per heavy atom. The maximum atomic E-state index is 13.5. The lowest BCUT2D eigenvalue weighted by molar-refractivity contribution is -0.137. The van der Waals surface area contributed by atoms with Gasteiger partial charge in [-0.25, -0.2) is 0 Å². The smallest absolute Gasteiger partial charge is 0.416 e. The number of nitrogens with zero attached hydrogens (tertiary/aromatic N) is 1. The van der Waals surface area contributed by atoms with E-state index in [0.29, 0.717) is 6.42 Å². The van der Waals surface area contributed by atoms with Crippen molar-refractivity contribution in [3.63, 3.8) is 0 Å². The highest BCUT2D eigenvalue weighted by molar-refractivity contribution is 7.99. The van der Waals surface area contributed by atoms with Crippen molar-refractivity contribution in [2.24, 2.45) is 0 Å². The summed E-state index contributed by atoms with van der Waals surface area (Å²) < 4.78 is 40.5. The van der Waals surface area contributed by atoms with E-state index in [0.717, 1.165) is 61.5 Å². The summed E-state index contributed by atoms with van der Waals surface area (Å²) in [6.45, 7) is 2.96. The molecule has 2 heterocycles. The van der Waals surface area contributed by atoms with Crippen molar-refractivity contribution in [1.82, 2.24) is 9.88 Å². The molecule has 0 saturated carbocycles. The molecule has 1 fully saturated rings. The zero-order valence-electron chi connectivity index (χ0n) is 19.3. The highest BCUT2D eigenvalue weighted by Crippen LogP contribution is 2.42. The number of H-pyrrole nitrogens is 1. The minimum absolute atomic E-state index is 0.117. The van der Waals surface area contributed by atoms with Crippen molar-refractivity contribution in [2.45, 2.75) is 30.0 Å². The molecule has 0 amide bonds. The van der Waals surface area contributed by atoms with Gasteiger partial charge in [-0.2, -0.15) is 24.9 Å². The van der Waals surface area contributed by atoms with Crippen LogP contribution in [-0.2, 0) is 6.18 Å². The van der Waals surface area contributed by atoms with Gasteiger partial charge in [0.25, 0.3) is 5.56 Å². The van der Waals surface area contributed by atoms with Gasteiger partial charge in [0.2, 0.25) is 0 Å². The molecule has 3 N–H and O–H groups in total. The molecule has 1 aliphatic rings. The van der Waals surface area contributed by atoms with Crippen LogP contribution in [0.2, 0.25) is 5.02 Å². The number of benzene rings is 2. The third-order valence-corrected chi connectivity index (χ3v) is 8.47. The van der Waals surface area contributed by atoms with Crippen LogP contribution < -0.4 is 5.56 Å². The zero-order chi connectivity index (χ0) is 25.9. The fourth-order valence-corrected chi connectivity index (χ4v) is 6.43. The zero-order valence-corrected chi connectivity index (χ0v) is 21.7. The number of aliphatic hydroxyl groups excluding tert-OH is 1. The Balaban J connectivity index is 1.65. The predicted molar refractivity (Wildman–Crippen MR) is 141 cm³/mol. The molecule has 11 heteroatoms. The largest absolute Gasteiger partial charge is 0.507 e. The van der Waals surface area contributed by atoms with Gasteiger partial charge in [-0.15, -0.1) is 11.8 Å². The average molecular weight is 559 g/mol. The first kappa shape index (κ1) is 27.2. The summed E-state index contributed by atoms with van der Waals surface area (Å²) in [5.41, 5.74) is -0.885. The number of aliphatic hydroxyl groups is 1. The summed E-state index contributed by atoms with van der Waals surface area (Å²) in [6.07, 6.45) is -3.95. The lowest BCUT2D eigenvalue weighted by Gasteiger charge is -2.26. The van der Waals surface area contributed by atoms with Crippen LogP contribution in [0, 0.1) is 0 Å². The molecule has 3 aromatic rings. The molecule has 0 spiro atoms. The molecule has 0 radical (unpaired) electrons. The Hall–Kier alpha value is -1.85. The molecular weight excluding hydrogens is 533 g/mol. The fraction of sp³-hybridized carbons (Fsp3) is 0.400. The molecule has 1 aliphatic heterocycles. The van der Waals surface area contributed by atoms with Crippen molar-refractivity contribution in [1.29, 1.82) is 0 Å². The van der Waals surface area contributed by atoms with E-state index < -0.39 is 23.4 Å². The number of alkyl halides is 3. The van der Waals surface area contributed by atoms with Gasteiger partial charge in [-0.3, -0.25) is 4.79 Å². The van der Waals surface area contributed by atoms with Crippen LogP contribution in [0.5, 0.6) is 5.75 Å². The molecule has 5 nitrogen and oxygen atoms in total. The number of halogens is 4. The topological polar surface area (TPSA) is 76.6 Å². The van der Waals surface area contributed by atoms with E-state index in [9.17, 15) is 28.2 Å². The Bertz CT molecular complexity index is 1280. The van der Waals surface area contributed by atoms with Crippen molar-refractivity contribution in [2.75, 3.05) is 36.9 Å². The Morgan fingerprint density at radius 2 is 1.92 bits per heavy atom. The molecule has 4 rings (SSSR count). The third kappa shape index (κ3) is 6.52. The molecule has 1 atom stereocenters. The lowest BCUT2D eigenvalue weighted by atomic mass is 9.98. The minimum Gasteiger partial charge on any atom is -0.507 e. The van der Waals surface area contributed by atoms with Crippen LogP contribution >= 0.6 is 35.1 Å². The summed E-state index contributed by atoms with van der Waals surface area (Å²) in [7, 11) is 0. The first-order chi connectivity index (χ1) is 17.1. The second kappa shape index (κ2) is 11.7. The number of hydrogen-bond donors (Lipinski definition) is 3. The molecule has 36 heavy (non-hydrogen) atoms. The van der Waals surface area contributed by atoms with Gasteiger partial charge in [0, 0.05) is 57.4 Å². The van der Waals surface area contributed by atoms with Crippen LogP contribution in [0.25, 0.3) is 22.0 Å². The van der Waals surface area contributed by atoms with E-state index in [2.05, 4.69) is 9.88 Å². The second-order valence-corrected chi connectivity index (χ2v) is 11.3. The molecule has 1 saturated heterocycles. The highest BCUT2D eigenvalue weighted by atomic mass is 35.5. The summed E-state index contributed by atoms with van der Waals surface area (Å²) in [6, 6.07) is 7.26. The number of pyridine rings is 1. The molecule has 2 aromatic carbocycles. The number of thioether (sulfide) groups is 2. The average Bonchev–Trinajstić information content (AvgIpc) is 2.84. The van der Waals surface area contributed by atoms with Gasteiger partial charge in [0.1, 0.15) is 5.75 Å². The van der Waals surface area contributed by atoms with Crippen LogP contribution in [0.1, 0.15) is 18.4 Å². The standard InChI is InChI=1S/C25H26ClF3N2O3S2/c26-16-4-6-21(33)19(13-16)22-18-12-15(25(27,28)29)3-5-20(18)30-24(34)23(22)36-14-17(32)2-1-7-31-8-10-35-11-9-31/h3-6,12-13,17,32-33H,1-2,7-11,14H2,(H,30,34). The van der Waals surface area contributed by atoms with E-state index in [4.69, 9.17) is 11.6 Å². The quantitative estimate of drug-likeness (QED) is 0.301. The normalized spacial score (nSPS) is 15.9. The van der Waals surface area contributed by atoms with Crippen LogP contribution in [-0.4, -0.2) is 63.1 Å². The van der Waals surface area contributed by atoms with Gasteiger partial charge >= 0.3 is 6.18 Å². The maximum absolute atomic E-state index is 13.5. The van der Waals surface area contributed by atoms with Crippen molar-refractivity contribution < 1.29 is 23.4 Å². The first-order valence-electron chi connectivity index (χ1n) is 11.5. The number of phenolic OH excluding ortho intramolecular Hbond substituents is 1. The number of aromatic hydroxyl groups is 1. The van der Waals surface area contributed by atoms with E-state index in [1.54, 1.807) is 0 Å². The molecule has 194 valence electrons. The van der Waals surface area contributed by atoms with Gasteiger partial charge in [0.15, 0.2) is 0 Å². The van der Waals surface area contributed by atoms with Gasteiger partial charge in [-0.05, 0) is 55.8 Å². The van der Waals surface area contributed by atoms with Gasteiger partial charge in [-0.1, -0.05) is 11.6 Å². The summed E-state index contributed by atoms with van der Waals surface area (Å²) in [4.78, 5) is 18.2. The minimum atomic E-state index is -4.59. The Kier molecular flexibility index (Phi) is 8.83.